The fourth-order valence-corrected chi connectivity index (χ4v) is 2.17. The van der Waals surface area contributed by atoms with E-state index >= 15 is 0 Å². The minimum Gasteiger partial charge on any atom is -0.493 e. The lowest BCUT2D eigenvalue weighted by Gasteiger charge is -2.08. The summed E-state index contributed by atoms with van der Waals surface area (Å²) in [6.07, 6.45) is 2.90. The zero-order valence-corrected chi connectivity index (χ0v) is 12.6. The maximum Gasteiger partial charge on any atom is 0.305 e. The second-order valence-corrected chi connectivity index (χ2v) is 4.98. The number of hydrogen-bond donors (Lipinski definition) is 0. The lowest BCUT2D eigenvalue weighted by molar-refractivity contribution is -0.143. The first kappa shape index (κ1) is 16.5. The Balaban J connectivity index is 2.48. The number of hydrogen-bond acceptors (Lipinski definition) is 6. The Hall–Kier alpha value is -1.56. The molecule has 0 N–H and O–H groups in total. The van der Waals surface area contributed by atoms with Gasteiger partial charge in [-0.2, -0.15) is 11.8 Å². The lowest BCUT2D eigenvalue weighted by atomic mass is 10.2. The summed E-state index contributed by atoms with van der Waals surface area (Å²) in [6, 6.07) is 5.23. The highest BCUT2D eigenvalue weighted by Gasteiger charge is 2.04. The molecule has 0 fully saturated rings. The van der Waals surface area contributed by atoms with Crippen molar-refractivity contribution in [2.75, 3.05) is 19.5 Å². The van der Waals surface area contributed by atoms with E-state index in [9.17, 15) is 9.70 Å². The Labute approximate surface area is 123 Å². The van der Waals surface area contributed by atoms with Gasteiger partial charge in [0.25, 0.3) is 0 Å². The quantitative estimate of drug-likeness (QED) is 0.395. The SMILES string of the molecule is CCOC(=O)CCCOc1cc(CSC)cc(N=O)c1. The summed E-state index contributed by atoms with van der Waals surface area (Å²) in [5.41, 5.74) is 1.35. The van der Waals surface area contributed by atoms with E-state index in [1.54, 1.807) is 30.8 Å². The van der Waals surface area contributed by atoms with Crippen molar-refractivity contribution in [1.82, 2.24) is 0 Å². The van der Waals surface area contributed by atoms with Crippen molar-refractivity contribution < 1.29 is 14.3 Å². The van der Waals surface area contributed by atoms with Crippen LogP contribution in [0, 0.1) is 4.91 Å². The molecule has 110 valence electrons. The minimum atomic E-state index is -0.220. The molecule has 0 unspecified atom stereocenters. The Morgan fingerprint density at radius 3 is 2.80 bits per heavy atom. The molecule has 6 heteroatoms. The third-order valence-corrected chi connectivity index (χ3v) is 3.09. The number of nitroso groups, excluding NO2 is 1. The van der Waals surface area contributed by atoms with Crippen LogP contribution in [0.5, 0.6) is 5.75 Å². The van der Waals surface area contributed by atoms with Crippen LogP contribution in [0.2, 0.25) is 0 Å². The molecular weight excluding hydrogens is 278 g/mol. The van der Waals surface area contributed by atoms with Gasteiger partial charge in [0.05, 0.1) is 13.2 Å². The summed E-state index contributed by atoms with van der Waals surface area (Å²) in [5.74, 6) is 1.18. The Kier molecular flexibility index (Phi) is 7.72. The molecule has 0 aliphatic heterocycles. The van der Waals surface area contributed by atoms with Gasteiger partial charge in [0.15, 0.2) is 0 Å². The van der Waals surface area contributed by atoms with Gasteiger partial charge in [-0.25, -0.2) is 0 Å². The van der Waals surface area contributed by atoms with Gasteiger partial charge in [-0.1, -0.05) is 0 Å². The van der Waals surface area contributed by atoms with Crippen molar-refractivity contribution in [3.8, 4) is 5.75 Å². The number of esters is 1. The molecule has 0 saturated carbocycles. The molecule has 0 spiro atoms. The van der Waals surface area contributed by atoms with Crippen LogP contribution in [0.25, 0.3) is 0 Å². The number of rotatable bonds is 9. The number of thioether (sulfide) groups is 1. The highest BCUT2D eigenvalue weighted by atomic mass is 32.2. The molecule has 0 aromatic heterocycles. The van der Waals surface area contributed by atoms with Gasteiger partial charge in [0.1, 0.15) is 11.4 Å². The normalized spacial score (nSPS) is 10.1. The predicted molar refractivity (Wildman–Crippen MR) is 80.5 cm³/mol. The molecule has 20 heavy (non-hydrogen) atoms. The van der Waals surface area contributed by atoms with Crippen molar-refractivity contribution in [2.45, 2.75) is 25.5 Å². The van der Waals surface area contributed by atoms with E-state index in [0.717, 1.165) is 11.3 Å². The van der Waals surface area contributed by atoms with Crippen molar-refractivity contribution in [3.05, 3.63) is 28.7 Å². The van der Waals surface area contributed by atoms with E-state index in [0.29, 0.717) is 37.5 Å². The average Bonchev–Trinajstić information content (AvgIpc) is 2.44. The van der Waals surface area contributed by atoms with Crippen LogP contribution in [0.4, 0.5) is 5.69 Å². The second kappa shape index (κ2) is 9.36. The minimum absolute atomic E-state index is 0.220. The number of ether oxygens (including phenoxy) is 2. The van der Waals surface area contributed by atoms with Gasteiger partial charge in [-0.15, -0.1) is 4.91 Å². The Bertz CT molecular complexity index is 451. The molecule has 0 saturated heterocycles. The third kappa shape index (κ3) is 6.06. The van der Waals surface area contributed by atoms with Crippen LogP contribution in [-0.2, 0) is 15.3 Å². The first-order valence-electron chi connectivity index (χ1n) is 6.44. The van der Waals surface area contributed by atoms with Gasteiger partial charge >= 0.3 is 5.97 Å². The summed E-state index contributed by atoms with van der Waals surface area (Å²) in [5, 5.41) is 2.94. The van der Waals surface area contributed by atoms with Crippen LogP contribution < -0.4 is 4.74 Å². The van der Waals surface area contributed by atoms with Crippen molar-refractivity contribution in [3.63, 3.8) is 0 Å². The molecule has 0 radical (unpaired) electrons. The zero-order valence-electron chi connectivity index (χ0n) is 11.8. The van der Waals surface area contributed by atoms with Crippen LogP contribution in [0.15, 0.2) is 23.4 Å². The lowest BCUT2D eigenvalue weighted by Crippen LogP contribution is -2.06. The van der Waals surface area contributed by atoms with Crippen molar-refractivity contribution in [2.24, 2.45) is 5.18 Å². The monoisotopic (exact) mass is 297 g/mol. The average molecular weight is 297 g/mol. The molecule has 1 aromatic carbocycles. The highest BCUT2D eigenvalue weighted by molar-refractivity contribution is 7.97. The maximum atomic E-state index is 11.2. The first-order valence-corrected chi connectivity index (χ1v) is 7.83. The summed E-state index contributed by atoms with van der Waals surface area (Å²) < 4.78 is 10.4. The van der Waals surface area contributed by atoms with E-state index in [1.807, 2.05) is 12.3 Å². The summed E-state index contributed by atoms with van der Waals surface area (Å²) in [4.78, 5) is 21.8. The highest BCUT2D eigenvalue weighted by Crippen LogP contribution is 2.25. The third-order valence-electron chi connectivity index (χ3n) is 2.47. The van der Waals surface area contributed by atoms with E-state index in [1.165, 1.54) is 0 Å². The van der Waals surface area contributed by atoms with Crippen molar-refractivity contribution >= 4 is 23.4 Å². The maximum absolute atomic E-state index is 11.2. The number of nitrogens with zero attached hydrogens (tertiary/aromatic N) is 1. The van der Waals surface area contributed by atoms with E-state index < -0.39 is 0 Å². The smallest absolute Gasteiger partial charge is 0.305 e. The molecule has 0 atom stereocenters. The van der Waals surface area contributed by atoms with Crippen LogP contribution >= 0.6 is 11.8 Å². The molecule has 0 bridgehead atoms. The summed E-state index contributed by atoms with van der Waals surface area (Å²) in [7, 11) is 0. The number of carbonyl (C=O) groups is 1. The van der Waals surface area contributed by atoms with E-state index in [2.05, 4.69) is 5.18 Å². The van der Waals surface area contributed by atoms with Crippen LogP contribution in [0.1, 0.15) is 25.3 Å². The Morgan fingerprint density at radius 2 is 2.15 bits per heavy atom. The predicted octanol–water partition coefficient (Wildman–Crippen LogP) is 3.67. The van der Waals surface area contributed by atoms with Crippen molar-refractivity contribution in [1.29, 1.82) is 0 Å². The van der Waals surface area contributed by atoms with Gasteiger partial charge in [-0.05, 0) is 42.5 Å². The molecule has 0 amide bonds. The fourth-order valence-electron chi connectivity index (χ4n) is 1.67. The van der Waals surface area contributed by atoms with Gasteiger partial charge in [-0.3, -0.25) is 4.79 Å². The standard InChI is InChI=1S/C14H19NO4S/c1-3-18-14(16)5-4-6-19-13-8-11(10-20-2)7-12(9-13)15-17/h7-9H,3-6,10H2,1-2H3. The molecule has 0 aliphatic carbocycles. The zero-order chi connectivity index (χ0) is 14.8. The van der Waals surface area contributed by atoms with Crippen LogP contribution in [-0.4, -0.2) is 25.4 Å². The second-order valence-electron chi connectivity index (χ2n) is 4.12. The molecule has 0 aliphatic rings. The largest absolute Gasteiger partial charge is 0.493 e. The molecular formula is C14H19NO4S. The van der Waals surface area contributed by atoms with Crippen LogP contribution in [0.3, 0.4) is 0 Å². The van der Waals surface area contributed by atoms with Gasteiger partial charge in [0.2, 0.25) is 0 Å². The van der Waals surface area contributed by atoms with Gasteiger partial charge < -0.3 is 9.47 Å². The summed E-state index contributed by atoms with van der Waals surface area (Å²) in [6.45, 7) is 2.57. The molecule has 1 rings (SSSR count). The fraction of sp³-hybridized carbons (Fsp3) is 0.500. The summed E-state index contributed by atoms with van der Waals surface area (Å²) >= 11 is 1.66. The molecule has 0 heterocycles. The topological polar surface area (TPSA) is 65.0 Å². The number of carbonyl (C=O) groups excluding carboxylic acids is 1. The first-order chi connectivity index (χ1) is 9.69. The van der Waals surface area contributed by atoms with E-state index in [4.69, 9.17) is 9.47 Å². The molecule has 5 nitrogen and oxygen atoms in total. The van der Waals surface area contributed by atoms with Gasteiger partial charge in [0, 0.05) is 18.2 Å². The van der Waals surface area contributed by atoms with E-state index in [-0.39, 0.29) is 5.97 Å². The molecule has 1 aromatic rings. The Morgan fingerprint density at radius 1 is 1.35 bits per heavy atom. The number of benzene rings is 1.